The highest BCUT2D eigenvalue weighted by Crippen LogP contribution is 2.55. The molecule has 6 aliphatic heterocycles. The minimum Gasteiger partial charge on any atom is -0.508 e. The molecular formula is C74H85Cl2N9O23. The van der Waals surface area contributed by atoms with E-state index >= 15 is 28.8 Å². The van der Waals surface area contributed by atoms with Gasteiger partial charge in [0.2, 0.25) is 59.3 Å². The van der Waals surface area contributed by atoms with E-state index in [1.165, 1.54) is 25.2 Å². The van der Waals surface area contributed by atoms with Gasteiger partial charge in [-0.15, -0.1) is 0 Å². The molecule has 108 heavy (non-hydrogen) atoms. The van der Waals surface area contributed by atoms with E-state index in [0.717, 1.165) is 97.7 Å². The fourth-order valence-corrected chi connectivity index (χ4v) is 16.1. The fraction of sp³-hybridized carbons (Fsp3) is 0.473. The maximum absolute atomic E-state index is 16.2. The molecule has 5 aromatic carbocycles. The Morgan fingerprint density at radius 2 is 1.23 bits per heavy atom. The van der Waals surface area contributed by atoms with Gasteiger partial charge in [0.25, 0.3) is 0 Å². The van der Waals surface area contributed by atoms with Gasteiger partial charge in [-0.1, -0.05) is 55.2 Å². The fourth-order valence-electron chi connectivity index (χ4n) is 15.7. The molecule has 4 saturated carbocycles. The molecule has 32 nitrogen and oxygen atoms in total. The first kappa shape index (κ1) is 77.8. The minimum absolute atomic E-state index is 0.0481. The smallest absolute Gasteiger partial charge is 0.410 e. The lowest BCUT2D eigenvalue weighted by atomic mass is 9.54. The molecule has 15 bridgehead atoms. The van der Waals surface area contributed by atoms with Gasteiger partial charge >= 0.3 is 6.09 Å². The number of rotatable bonds is 12. The largest absolute Gasteiger partial charge is 0.508 e. The number of nitrogens with two attached hydrogens (primary N) is 1. The molecule has 15 rings (SSSR count). The third-order valence-electron chi connectivity index (χ3n) is 20.7. The number of aromatic hydroxyl groups is 3. The summed E-state index contributed by atoms with van der Waals surface area (Å²) in [5.74, 6) is -13.8. The Labute approximate surface area is 627 Å². The average molecular weight is 1540 g/mol. The molecule has 1 saturated heterocycles. The van der Waals surface area contributed by atoms with Crippen LogP contribution in [0.4, 0.5) is 4.79 Å². The van der Waals surface area contributed by atoms with Crippen LogP contribution in [0.25, 0.3) is 11.1 Å². The number of ether oxygens (including phenoxy) is 5. The molecule has 578 valence electrons. The van der Waals surface area contributed by atoms with Crippen LogP contribution in [0.2, 0.25) is 10.0 Å². The van der Waals surface area contributed by atoms with Crippen molar-refractivity contribution in [1.82, 2.24) is 42.1 Å². The first-order valence-electron chi connectivity index (χ1n) is 35.2. The number of phenols is 3. The molecule has 5 unspecified atom stereocenters. The molecule has 34 heteroatoms. The van der Waals surface area contributed by atoms with Crippen molar-refractivity contribution in [2.24, 2.45) is 35.3 Å². The number of amides is 9. The van der Waals surface area contributed by atoms with Crippen LogP contribution in [-0.2, 0) is 47.8 Å². The van der Waals surface area contributed by atoms with E-state index in [9.17, 15) is 60.3 Å². The quantitative estimate of drug-likeness (QED) is 0.0851. The third kappa shape index (κ3) is 16.2. The highest BCUT2D eigenvalue weighted by atomic mass is 35.5. The normalized spacial score (nSPS) is 29.1. The van der Waals surface area contributed by atoms with Gasteiger partial charge in [0.05, 0.1) is 23.1 Å². The van der Waals surface area contributed by atoms with Crippen LogP contribution in [0, 0.1) is 29.6 Å². The monoisotopic (exact) mass is 1540 g/mol. The predicted molar refractivity (Wildman–Crippen MR) is 379 cm³/mol. The number of aliphatic hydroxyl groups is 6. The summed E-state index contributed by atoms with van der Waals surface area (Å²) >= 11 is 14.2. The third-order valence-corrected chi connectivity index (χ3v) is 21.3. The van der Waals surface area contributed by atoms with Gasteiger partial charge in [0.1, 0.15) is 113 Å². The Kier molecular flexibility index (Phi) is 22.4. The van der Waals surface area contributed by atoms with E-state index < -0.39 is 207 Å². The Morgan fingerprint density at radius 3 is 1.81 bits per heavy atom. The predicted octanol–water partition coefficient (Wildman–Crippen LogP) is 3.37. The number of carbonyl (C=O) groups excluding carboxylic acids is 9. The lowest BCUT2D eigenvalue weighted by molar-refractivity contribution is -0.277. The number of aliphatic hydroxyl groups excluding tert-OH is 6. The molecule has 4 aliphatic carbocycles. The number of hydrogen-bond donors (Lipinski definition) is 17. The molecular weight excluding hydrogens is 1450 g/mol. The van der Waals surface area contributed by atoms with E-state index in [0.29, 0.717) is 11.8 Å². The second-order valence-corrected chi connectivity index (χ2v) is 30.9. The van der Waals surface area contributed by atoms with Crippen LogP contribution >= 0.6 is 23.2 Å². The number of primary amides is 1. The number of fused-ring (bicyclic) bond motifs is 15. The van der Waals surface area contributed by atoms with E-state index in [1.54, 1.807) is 34.6 Å². The molecule has 18 N–H and O–H groups in total. The molecule has 0 spiro atoms. The summed E-state index contributed by atoms with van der Waals surface area (Å²) in [4.78, 5) is 136. The zero-order valence-corrected chi connectivity index (χ0v) is 60.7. The highest BCUT2D eigenvalue weighted by molar-refractivity contribution is 6.32. The summed E-state index contributed by atoms with van der Waals surface area (Å²) in [7, 11) is 1.27. The zero-order valence-electron chi connectivity index (χ0n) is 59.2. The van der Waals surface area contributed by atoms with E-state index in [-0.39, 0.29) is 75.1 Å². The zero-order chi connectivity index (χ0) is 78.0. The highest BCUT2D eigenvalue weighted by Gasteiger charge is 2.51. The molecule has 5 fully saturated rings. The van der Waals surface area contributed by atoms with Gasteiger partial charge in [-0.05, 0) is 171 Å². The number of halogens is 2. The summed E-state index contributed by atoms with van der Waals surface area (Å²) in [5, 5.41) is 122. The van der Waals surface area contributed by atoms with Gasteiger partial charge in [0.15, 0.2) is 11.5 Å². The molecule has 0 radical (unpaired) electrons. The maximum atomic E-state index is 16.2. The van der Waals surface area contributed by atoms with Crippen LogP contribution in [0.15, 0.2) is 78.9 Å². The van der Waals surface area contributed by atoms with Crippen LogP contribution in [0.5, 0.6) is 46.0 Å². The van der Waals surface area contributed by atoms with Crippen LogP contribution in [0.3, 0.4) is 0 Å². The van der Waals surface area contributed by atoms with Crippen molar-refractivity contribution < 1.29 is 113 Å². The number of phenolic OH excluding ortho intramolecular Hbond substituents is 3. The standard InChI is InChI=1S/C74H85Cl2N9O23/c1-28(2)13-43(85(6)73(103)108-74(3,4)5)66(97)83-57-59(91)32-8-11-46(40(75)20-32)104-48-22-36-23-49(64(48)107-72-63(95)62(94)61(93)50(27-86)106-72)105-47-12-9-33(21-41(47)76)60(92)58-71(102)82-56(69(100)79-53-34-15-29-14-30(17-34)18-35(53)16-29)39-24-37(87)25-45(89)52(39)38-19-31(7-10-44(38)88)54(67(98)84-58)81-68(99)55(36)80-65(96)42(26-51(77)90)78-70(57)101/h7-12,19-25,28-30,34-35,42-43,50,53-63,72,86-89,91-95H,13-18,26-27H2,1-6H3,(H2,77,90)(H,78,101)(H,79,100)(H,80,96)(H,81,99)(H,82,102)(H,83,97)(H,84,98)/t29?,30?,34?,35?,42-,43+,50?,53?,54+,55+,56-,57+,58+,59+,60+,61?,62?,63?,72?/m0/s1. The average Bonchev–Trinajstić information content (AvgIpc) is 0.761. The second-order valence-electron chi connectivity index (χ2n) is 30.1. The number of benzene rings is 5. The number of nitrogens with zero attached hydrogens (tertiary/aromatic N) is 1. The summed E-state index contributed by atoms with van der Waals surface area (Å²) in [5.41, 5.74) is 2.55. The van der Waals surface area contributed by atoms with Gasteiger partial charge < -0.3 is 113 Å². The number of carbonyl (C=O) groups is 9. The summed E-state index contributed by atoms with van der Waals surface area (Å²) in [6.07, 6.45) is -11.9. The van der Waals surface area contributed by atoms with Crippen LogP contribution < -0.4 is 57.2 Å². The molecule has 6 heterocycles. The summed E-state index contributed by atoms with van der Waals surface area (Å²) in [6, 6.07) is -0.484. The molecule has 9 amide bonds. The Hall–Kier alpha value is -9.77. The van der Waals surface area contributed by atoms with Gasteiger partial charge in [0, 0.05) is 30.3 Å². The molecule has 0 aromatic heterocycles. The number of nitrogens with one attached hydrogen (secondary N) is 7. The lowest BCUT2D eigenvalue weighted by Crippen LogP contribution is -2.60. The minimum atomic E-state index is -2.34. The molecule has 5 aromatic rings. The van der Waals surface area contributed by atoms with E-state index in [1.807, 2.05) is 0 Å². The van der Waals surface area contributed by atoms with Gasteiger partial charge in [-0.25, -0.2) is 4.79 Å². The van der Waals surface area contributed by atoms with Crippen molar-refractivity contribution >= 4 is 76.6 Å². The molecule has 14 atom stereocenters. The first-order chi connectivity index (χ1) is 51.0. The van der Waals surface area contributed by atoms with E-state index in [4.69, 9.17) is 52.6 Å². The van der Waals surface area contributed by atoms with Crippen molar-refractivity contribution in [2.45, 2.75) is 176 Å². The van der Waals surface area contributed by atoms with Crippen molar-refractivity contribution in [3.05, 3.63) is 117 Å². The van der Waals surface area contributed by atoms with Crippen molar-refractivity contribution in [1.29, 1.82) is 0 Å². The van der Waals surface area contributed by atoms with Crippen molar-refractivity contribution in [3.8, 4) is 57.1 Å². The maximum Gasteiger partial charge on any atom is 0.410 e. The molecule has 10 aliphatic rings. The van der Waals surface area contributed by atoms with Crippen molar-refractivity contribution in [2.75, 3.05) is 13.7 Å². The Balaban J connectivity index is 1.04. The SMILES string of the molecule is CC(C)C[C@H](C(=O)N[C@H]1C(=O)N[C@@H](CC(N)=O)C(=O)N[C@H]2C(=O)N[C@H]3C(=O)N[C@@H](C(=O)N[C@H](C(=O)NC4C5CC6CC(C5)CC4C6)c4cc(O)cc(O)c4-c4cc3ccc4O)[C@H](O)c3ccc(c(Cl)c3)Oc3cc2cc(c3OC2OC(CO)C(O)C(O)C2O)Oc2ccc(cc2Cl)[C@H]1O)N(C)C(=O)OC(C)(C)C. The van der Waals surface area contributed by atoms with Crippen LogP contribution in [0.1, 0.15) is 138 Å². The Bertz CT molecular complexity index is 4380. The van der Waals surface area contributed by atoms with Gasteiger partial charge in [-0.3, -0.25) is 43.3 Å². The summed E-state index contributed by atoms with van der Waals surface area (Å²) in [6.45, 7) is 7.31. The summed E-state index contributed by atoms with van der Waals surface area (Å²) < 4.78 is 30.8. The van der Waals surface area contributed by atoms with Crippen molar-refractivity contribution in [3.63, 3.8) is 0 Å². The number of hydrogen-bond acceptors (Lipinski definition) is 23. The lowest BCUT2D eigenvalue weighted by Gasteiger charge is -2.54. The van der Waals surface area contributed by atoms with E-state index in [2.05, 4.69) is 37.2 Å². The first-order valence-corrected chi connectivity index (χ1v) is 36.0. The van der Waals surface area contributed by atoms with Crippen LogP contribution in [-0.4, -0.2) is 184 Å². The topological polar surface area (TPSA) is 495 Å². The number of likely N-dealkylation sites (N-methyl/N-ethyl adjacent to an activating group) is 1. The van der Waals surface area contributed by atoms with Gasteiger partial charge in [-0.2, -0.15) is 0 Å². The second kappa shape index (κ2) is 31.1. The Morgan fingerprint density at radius 1 is 0.648 bits per heavy atom.